The van der Waals surface area contributed by atoms with Gasteiger partial charge in [-0.3, -0.25) is 4.98 Å². The molecule has 0 fully saturated rings. The topological polar surface area (TPSA) is 79.5 Å². The molecule has 0 spiro atoms. The van der Waals surface area contributed by atoms with Crippen molar-refractivity contribution in [1.82, 2.24) is 14.2 Å². The molecule has 1 rings (SSSR count). The highest BCUT2D eigenvalue weighted by Crippen LogP contribution is 2.19. The van der Waals surface area contributed by atoms with E-state index in [2.05, 4.69) is 4.98 Å². The largest absolute Gasteiger partial charge is 0.388 e. The Morgan fingerprint density at radius 2 is 2.00 bits per heavy atom. The Bertz CT molecular complexity index is 588. The van der Waals surface area contributed by atoms with Gasteiger partial charge in [0.15, 0.2) is 0 Å². The molecule has 21 heavy (non-hydrogen) atoms. The van der Waals surface area contributed by atoms with Crippen LogP contribution in [0.5, 0.6) is 0 Å². The Morgan fingerprint density at radius 3 is 2.52 bits per heavy atom. The molecule has 0 unspecified atom stereocenters. The number of hydrogen-bond acceptors (Lipinski definition) is 5. The molecule has 0 amide bonds. The van der Waals surface area contributed by atoms with Crippen molar-refractivity contribution in [2.24, 2.45) is 5.73 Å². The molecular weight excluding hydrogens is 308 g/mol. The Kier molecular flexibility index (Phi) is 6.66. The maximum absolute atomic E-state index is 12.8. The maximum atomic E-state index is 12.8. The van der Waals surface area contributed by atoms with Gasteiger partial charge in [-0.05, 0) is 32.6 Å². The van der Waals surface area contributed by atoms with Crippen molar-refractivity contribution in [1.29, 1.82) is 0 Å². The van der Waals surface area contributed by atoms with Gasteiger partial charge in [-0.25, -0.2) is 8.42 Å². The van der Waals surface area contributed by atoms with Crippen molar-refractivity contribution >= 4 is 27.2 Å². The molecule has 2 N–H and O–H groups in total. The highest BCUT2D eigenvalue weighted by Gasteiger charge is 2.27. The van der Waals surface area contributed by atoms with Crippen LogP contribution in [0.3, 0.4) is 0 Å². The first-order chi connectivity index (χ1) is 9.80. The number of rotatable bonds is 8. The second kappa shape index (κ2) is 7.79. The van der Waals surface area contributed by atoms with Crippen LogP contribution in [0.1, 0.15) is 19.0 Å². The number of thiocarbonyl (C=S) groups is 1. The monoisotopic (exact) mass is 330 g/mol. The molecule has 0 bridgehead atoms. The molecule has 118 valence electrons. The number of nitrogens with zero attached hydrogens (tertiary/aromatic N) is 3. The number of hydrogen-bond donors (Lipinski definition) is 1. The minimum atomic E-state index is -3.66. The molecule has 1 aromatic heterocycles. The van der Waals surface area contributed by atoms with Crippen molar-refractivity contribution in [3.8, 4) is 0 Å². The van der Waals surface area contributed by atoms with Gasteiger partial charge in [0, 0.05) is 25.8 Å². The van der Waals surface area contributed by atoms with Gasteiger partial charge in [0.2, 0.25) is 10.0 Å². The van der Waals surface area contributed by atoms with Gasteiger partial charge < -0.3 is 10.6 Å². The highest BCUT2D eigenvalue weighted by molar-refractivity contribution is 7.89. The van der Waals surface area contributed by atoms with Crippen molar-refractivity contribution in [2.45, 2.75) is 18.2 Å². The third-order valence-corrected chi connectivity index (χ3v) is 5.02. The summed E-state index contributed by atoms with van der Waals surface area (Å²) in [6, 6.07) is 3.07. The fourth-order valence-corrected chi connectivity index (χ4v) is 3.74. The van der Waals surface area contributed by atoms with E-state index in [9.17, 15) is 8.42 Å². The Hall–Kier alpha value is -1.09. The van der Waals surface area contributed by atoms with E-state index in [0.717, 1.165) is 6.42 Å². The lowest BCUT2D eigenvalue weighted by Crippen LogP contribution is -2.38. The molecule has 1 heterocycles. The molecular formula is C13H22N4O2S2. The van der Waals surface area contributed by atoms with Crippen LogP contribution >= 0.6 is 12.2 Å². The zero-order chi connectivity index (χ0) is 16.0. The number of nitrogens with two attached hydrogens (primary N) is 1. The van der Waals surface area contributed by atoms with Crippen molar-refractivity contribution in [3.05, 3.63) is 24.0 Å². The van der Waals surface area contributed by atoms with E-state index in [0.29, 0.717) is 19.6 Å². The van der Waals surface area contributed by atoms with Crippen LogP contribution in [0.15, 0.2) is 23.2 Å². The maximum Gasteiger partial charge on any atom is 0.245 e. The van der Waals surface area contributed by atoms with Crippen LogP contribution in [0.25, 0.3) is 0 Å². The predicted octanol–water partition coefficient (Wildman–Crippen LogP) is 0.678. The normalized spacial score (nSPS) is 12.0. The van der Waals surface area contributed by atoms with Gasteiger partial charge in [0.05, 0.1) is 0 Å². The Balaban J connectivity index is 3.19. The summed E-state index contributed by atoms with van der Waals surface area (Å²) >= 11 is 4.90. The Labute approximate surface area is 132 Å². The zero-order valence-electron chi connectivity index (χ0n) is 12.6. The first-order valence-corrected chi connectivity index (χ1v) is 8.55. The lowest BCUT2D eigenvalue weighted by atomic mass is 10.3. The number of likely N-dealkylation sites (N-methyl/N-ethyl adjacent to an activating group) is 1. The zero-order valence-corrected chi connectivity index (χ0v) is 14.2. The average Bonchev–Trinajstić information content (AvgIpc) is 2.43. The summed E-state index contributed by atoms with van der Waals surface area (Å²) in [5, 5.41) is 0. The Morgan fingerprint density at radius 1 is 1.33 bits per heavy atom. The smallest absolute Gasteiger partial charge is 0.245 e. The van der Waals surface area contributed by atoms with Crippen LogP contribution in [0, 0.1) is 0 Å². The summed E-state index contributed by atoms with van der Waals surface area (Å²) in [6.45, 7) is 3.44. The minimum absolute atomic E-state index is 0.0155. The second-order valence-electron chi connectivity index (χ2n) is 4.92. The number of aromatic nitrogens is 1. The molecule has 0 atom stereocenters. The first kappa shape index (κ1) is 18.0. The molecule has 0 saturated carbocycles. The minimum Gasteiger partial charge on any atom is -0.388 e. The predicted molar refractivity (Wildman–Crippen MR) is 87.7 cm³/mol. The van der Waals surface area contributed by atoms with E-state index in [1.807, 2.05) is 25.9 Å². The van der Waals surface area contributed by atoms with Gasteiger partial charge in [0.1, 0.15) is 15.6 Å². The standard InChI is InChI=1S/C13H22N4O2S2/c1-4-8-17(10-9-16(2)3)21(18,19)11-6-5-7-15-12(11)13(14)20/h5-7H,4,8-10H2,1-3H3,(H2,14,20). The summed E-state index contributed by atoms with van der Waals surface area (Å²) in [5.41, 5.74) is 5.74. The van der Waals surface area contributed by atoms with E-state index >= 15 is 0 Å². The first-order valence-electron chi connectivity index (χ1n) is 6.70. The van der Waals surface area contributed by atoms with Crippen LogP contribution in [0.4, 0.5) is 0 Å². The quantitative estimate of drug-likeness (QED) is 0.706. The van der Waals surface area contributed by atoms with Crippen LogP contribution < -0.4 is 5.73 Å². The average molecular weight is 330 g/mol. The van der Waals surface area contributed by atoms with Gasteiger partial charge >= 0.3 is 0 Å². The van der Waals surface area contributed by atoms with Gasteiger partial charge in [-0.1, -0.05) is 19.1 Å². The summed E-state index contributed by atoms with van der Waals surface area (Å²) in [7, 11) is 0.150. The van der Waals surface area contributed by atoms with Gasteiger partial charge in [-0.2, -0.15) is 4.31 Å². The molecule has 8 heteroatoms. The molecule has 0 aliphatic carbocycles. The van der Waals surface area contributed by atoms with Gasteiger partial charge in [0.25, 0.3) is 0 Å². The summed E-state index contributed by atoms with van der Waals surface area (Å²) in [6.07, 6.45) is 2.22. The number of sulfonamides is 1. The molecule has 0 aromatic carbocycles. The van der Waals surface area contributed by atoms with Crippen molar-refractivity contribution < 1.29 is 8.42 Å². The summed E-state index contributed by atoms with van der Waals surface area (Å²) in [4.78, 5) is 6.00. The molecule has 0 radical (unpaired) electrons. The molecule has 6 nitrogen and oxygen atoms in total. The lowest BCUT2D eigenvalue weighted by Gasteiger charge is -2.24. The summed E-state index contributed by atoms with van der Waals surface area (Å²) < 4.78 is 27.1. The molecule has 0 aliphatic heterocycles. The SMILES string of the molecule is CCCN(CCN(C)C)S(=O)(=O)c1cccnc1C(N)=S. The van der Waals surface area contributed by atoms with Crippen LogP contribution in [-0.4, -0.2) is 61.3 Å². The fraction of sp³-hybridized carbons (Fsp3) is 0.538. The molecule has 1 aromatic rings. The molecule has 0 saturated heterocycles. The summed E-state index contributed by atoms with van der Waals surface area (Å²) in [5.74, 6) is 0. The third kappa shape index (κ3) is 4.70. The van der Waals surface area contributed by atoms with E-state index in [-0.39, 0.29) is 15.6 Å². The van der Waals surface area contributed by atoms with Crippen LogP contribution in [0.2, 0.25) is 0 Å². The second-order valence-corrected chi connectivity index (χ2v) is 7.27. The molecule has 0 aliphatic rings. The van der Waals surface area contributed by atoms with Crippen LogP contribution in [-0.2, 0) is 10.0 Å². The van der Waals surface area contributed by atoms with Crippen molar-refractivity contribution in [3.63, 3.8) is 0 Å². The van der Waals surface area contributed by atoms with E-state index in [4.69, 9.17) is 18.0 Å². The third-order valence-electron chi connectivity index (χ3n) is 2.89. The van der Waals surface area contributed by atoms with E-state index in [1.165, 1.54) is 16.6 Å². The fourth-order valence-electron chi connectivity index (χ4n) is 1.84. The van der Waals surface area contributed by atoms with Gasteiger partial charge in [-0.15, -0.1) is 0 Å². The highest BCUT2D eigenvalue weighted by atomic mass is 32.2. The van der Waals surface area contributed by atoms with E-state index in [1.54, 1.807) is 6.07 Å². The lowest BCUT2D eigenvalue weighted by molar-refractivity contribution is 0.333. The number of pyridine rings is 1. The van der Waals surface area contributed by atoms with Crippen molar-refractivity contribution in [2.75, 3.05) is 33.7 Å². The van der Waals surface area contributed by atoms with E-state index < -0.39 is 10.0 Å².